The predicted molar refractivity (Wildman–Crippen MR) is 62.2 cm³/mol. The van der Waals surface area contributed by atoms with Gasteiger partial charge in [-0.3, -0.25) is 4.98 Å². The smallest absolute Gasteiger partial charge is 0.146 e. The first-order valence-electron chi connectivity index (χ1n) is 4.67. The highest BCUT2D eigenvalue weighted by atomic mass is 79.9. The molecule has 0 bridgehead atoms. The van der Waals surface area contributed by atoms with Crippen molar-refractivity contribution in [3.05, 3.63) is 53.9 Å². The topological polar surface area (TPSA) is 12.9 Å². The Morgan fingerprint density at radius 1 is 1.00 bits per heavy atom. The van der Waals surface area contributed by atoms with Crippen molar-refractivity contribution in [1.29, 1.82) is 0 Å². The van der Waals surface area contributed by atoms with Gasteiger partial charge in [0.2, 0.25) is 0 Å². The van der Waals surface area contributed by atoms with Crippen molar-refractivity contribution in [2.75, 3.05) is 0 Å². The van der Waals surface area contributed by atoms with Crippen LogP contribution in [0.3, 0.4) is 0 Å². The van der Waals surface area contributed by atoms with Crippen LogP contribution < -0.4 is 0 Å². The van der Waals surface area contributed by atoms with Gasteiger partial charge in [-0.2, -0.15) is 0 Å². The maximum Gasteiger partial charge on any atom is 0.146 e. The first-order valence-corrected chi connectivity index (χ1v) is 5.79. The van der Waals surface area contributed by atoms with E-state index in [1.54, 1.807) is 18.2 Å². The fourth-order valence-corrected chi connectivity index (χ4v) is 2.08. The third-order valence-corrected chi connectivity index (χ3v) is 2.86. The minimum atomic E-state index is -0.433. The Bertz CT molecular complexity index is 514. The molecule has 0 saturated heterocycles. The molecule has 0 radical (unpaired) electrons. The Hall–Kier alpha value is -1.29. The minimum Gasteiger partial charge on any atom is -0.261 e. The van der Waals surface area contributed by atoms with Crippen LogP contribution in [-0.4, -0.2) is 4.98 Å². The summed E-state index contributed by atoms with van der Waals surface area (Å²) < 4.78 is 27.0. The third kappa shape index (κ3) is 1.97. The summed E-state index contributed by atoms with van der Waals surface area (Å²) in [5.74, 6) is -0.810. The zero-order valence-corrected chi connectivity index (χ0v) is 9.84. The molecule has 0 amide bonds. The zero-order valence-electron chi connectivity index (χ0n) is 8.25. The lowest BCUT2D eigenvalue weighted by Gasteiger charge is -2.08. The predicted octanol–water partition coefficient (Wildman–Crippen LogP) is 3.92. The van der Waals surface area contributed by atoms with Gasteiger partial charge in [-0.1, -0.05) is 34.1 Å². The summed E-state index contributed by atoms with van der Waals surface area (Å²) in [5, 5.41) is 0.324. The van der Waals surface area contributed by atoms with Gasteiger partial charge in [0.15, 0.2) is 0 Å². The molecule has 0 aliphatic carbocycles. The fraction of sp³-hybridized carbons (Fsp3) is 0.0833. The molecule has 82 valence electrons. The molecule has 4 heteroatoms. The van der Waals surface area contributed by atoms with Gasteiger partial charge in [-0.05, 0) is 6.07 Å². The van der Waals surface area contributed by atoms with E-state index in [2.05, 4.69) is 20.9 Å². The van der Waals surface area contributed by atoms with E-state index in [1.165, 1.54) is 12.3 Å². The van der Waals surface area contributed by atoms with Crippen molar-refractivity contribution < 1.29 is 8.78 Å². The van der Waals surface area contributed by atoms with Gasteiger partial charge in [0.05, 0.1) is 6.20 Å². The first kappa shape index (κ1) is 11.2. The van der Waals surface area contributed by atoms with Crippen LogP contribution in [0.25, 0.3) is 11.1 Å². The summed E-state index contributed by atoms with van der Waals surface area (Å²) in [7, 11) is 0. The van der Waals surface area contributed by atoms with Crippen molar-refractivity contribution >= 4 is 15.9 Å². The molecule has 0 saturated carbocycles. The van der Waals surface area contributed by atoms with Crippen LogP contribution in [0, 0.1) is 11.6 Å². The van der Waals surface area contributed by atoms with Crippen molar-refractivity contribution in [2.45, 2.75) is 5.33 Å². The molecule has 0 aliphatic rings. The second kappa shape index (κ2) is 4.70. The van der Waals surface area contributed by atoms with Gasteiger partial charge < -0.3 is 0 Å². The number of hydrogen-bond acceptors (Lipinski definition) is 1. The van der Waals surface area contributed by atoms with Crippen LogP contribution in [0.2, 0.25) is 0 Å². The molecule has 0 unspecified atom stereocenters. The van der Waals surface area contributed by atoms with E-state index in [4.69, 9.17) is 0 Å². The number of nitrogens with zero attached hydrogens (tertiary/aromatic N) is 1. The Kier molecular flexibility index (Phi) is 3.29. The van der Waals surface area contributed by atoms with Gasteiger partial charge in [0, 0.05) is 28.2 Å². The molecule has 2 aromatic rings. The Morgan fingerprint density at radius 2 is 1.75 bits per heavy atom. The van der Waals surface area contributed by atoms with E-state index >= 15 is 0 Å². The van der Waals surface area contributed by atoms with E-state index in [-0.39, 0.29) is 5.82 Å². The van der Waals surface area contributed by atoms with Crippen LogP contribution >= 0.6 is 15.9 Å². The summed E-state index contributed by atoms with van der Waals surface area (Å²) in [6, 6.07) is 6.26. The number of benzene rings is 1. The van der Waals surface area contributed by atoms with Crippen LogP contribution in [-0.2, 0) is 5.33 Å². The Morgan fingerprint density at radius 3 is 2.44 bits per heavy atom. The summed E-state index contributed by atoms with van der Waals surface area (Å²) in [6.45, 7) is 0. The highest BCUT2D eigenvalue weighted by Gasteiger charge is 2.12. The number of hydrogen-bond donors (Lipinski definition) is 0. The third-order valence-electron chi connectivity index (χ3n) is 2.30. The first-order chi connectivity index (χ1) is 7.74. The lowest BCUT2D eigenvalue weighted by Crippen LogP contribution is -1.95. The van der Waals surface area contributed by atoms with Crippen LogP contribution in [0.15, 0.2) is 36.7 Å². The number of alkyl halides is 1. The SMILES string of the molecule is Fc1ccccc1-c1cncc(F)c1CBr. The van der Waals surface area contributed by atoms with Crippen molar-refractivity contribution in [2.24, 2.45) is 0 Å². The van der Waals surface area contributed by atoms with Gasteiger partial charge >= 0.3 is 0 Å². The number of halogens is 3. The number of pyridine rings is 1. The molecule has 0 aliphatic heterocycles. The summed E-state index contributed by atoms with van der Waals surface area (Å²) >= 11 is 3.19. The molecule has 16 heavy (non-hydrogen) atoms. The van der Waals surface area contributed by atoms with Gasteiger partial charge in [-0.15, -0.1) is 0 Å². The van der Waals surface area contributed by atoms with Crippen LogP contribution in [0.4, 0.5) is 8.78 Å². The van der Waals surface area contributed by atoms with Crippen LogP contribution in [0.5, 0.6) is 0 Å². The lowest BCUT2D eigenvalue weighted by molar-refractivity contribution is 0.610. The summed E-state index contributed by atoms with van der Waals surface area (Å²) in [4.78, 5) is 3.75. The van der Waals surface area contributed by atoms with E-state index in [1.807, 2.05) is 0 Å². The van der Waals surface area contributed by atoms with E-state index < -0.39 is 5.82 Å². The van der Waals surface area contributed by atoms with Crippen molar-refractivity contribution in [3.8, 4) is 11.1 Å². The van der Waals surface area contributed by atoms with Gasteiger partial charge in [0.25, 0.3) is 0 Å². The number of rotatable bonds is 2. The summed E-state index contributed by atoms with van der Waals surface area (Å²) in [5.41, 5.74) is 1.26. The van der Waals surface area contributed by atoms with Crippen molar-refractivity contribution in [3.63, 3.8) is 0 Å². The normalized spacial score (nSPS) is 10.4. The molecule has 0 fully saturated rings. The van der Waals surface area contributed by atoms with E-state index in [0.29, 0.717) is 22.0 Å². The lowest BCUT2D eigenvalue weighted by atomic mass is 10.0. The molecule has 0 N–H and O–H groups in total. The van der Waals surface area contributed by atoms with Gasteiger partial charge in [0.1, 0.15) is 11.6 Å². The maximum atomic E-state index is 13.6. The Labute approximate surface area is 100 Å². The second-order valence-electron chi connectivity index (χ2n) is 3.26. The van der Waals surface area contributed by atoms with E-state index in [9.17, 15) is 8.78 Å². The largest absolute Gasteiger partial charge is 0.261 e. The molecule has 0 spiro atoms. The van der Waals surface area contributed by atoms with Gasteiger partial charge in [-0.25, -0.2) is 8.78 Å². The average molecular weight is 284 g/mol. The van der Waals surface area contributed by atoms with Crippen molar-refractivity contribution in [1.82, 2.24) is 4.98 Å². The van der Waals surface area contributed by atoms with E-state index in [0.717, 1.165) is 6.20 Å². The highest BCUT2D eigenvalue weighted by Crippen LogP contribution is 2.28. The molecule has 2 rings (SSSR count). The average Bonchev–Trinajstić information content (AvgIpc) is 2.29. The molecule has 0 atom stereocenters. The molecule has 1 heterocycles. The standard InChI is InChI=1S/C12H8BrF2N/c13-5-9-10(6-16-7-12(9)15)8-3-1-2-4-11(8)14/h1-4,6-7H,5H2. The monoisotopic (exact) mass is 283 g/mol. The zero-order chi connectivity index (χ0) is 11.5. The molecule has 1 nitrogen and oxygen atoms in total. The maximum absolute atomic E-state index is 13.6. The fourth-order valence-electron chi connectivity index (χ4n) is 1.51. The quantitative estimate of drug-likeness (QED) is 0.762. The number of aromatic nitrogens is 1. The molecular weight excluding hydrogens is 276 g/mol. The molecule has 1 aromatic carbocycles. The molecule has 1 aromatic heterocycles. The Balaban J connectivity index is 2.65. The molecular formula is C12H8BrF2N. The minimum absolute atomic E-state index is 0.324. The van der Waals surface area contributed by atoms with Crippen LogP contribution in [0.1, 0.15) is 5.56 Å². The summed E-state index contributed by atoms with van der Waals surface area (Å²) in [6.07, 6.45) is 2.60. The second-order valence-corrected chi connectivity index (χ2v) is 3.82. The highest BCUT2D eigenvalue weighted by molar-refractivity contribution is 9.08.